The number of aryl methyl sites for hydroxylation is 2. The van der Waals surface area contributed by atoms with Crippen LogP contribution in [0.2, 0.25) is 0 Å². The van der Waals surface area contributed by atoms with Gasteiger partial charge in [0, 0.05) is 31.7 Å². The van der Waals surface area contributed by atoms with Gasteiger partial charge in [-0.25, -0.2) is 4.68 Å². The average Bonchev–Trinajstić information content (AvgIpc) is 3.32. The van der Waals surface area contributed by atoms with Crippen molar-refractivity contribution in [3.8, 4) is 0 Å². The van der Waals surface area contributed by atoms with Crippen LogP contribution in [0.4, 0.5) is 0 Å². The molecule has 0 N–H and O–H groups in total. The van der Waals surface area contributed by atoms with Crippen LogP contribution in [-0.2, 0) is 24.3 Å². The molecule has 0 spiro atoms. The lowest BCUT2D eigenvalue weighted by atomic mass is 10.1. The van der Waals surface area contributed by atoms with E-state index in [1.54, 1.807) is 14.5 Å². The summed E-state index contributed by atoms with van der Waals surface area (Å²) in [5.41, 5.74) is 5.23. The summed E-state index contributed by atoms with van der Waals surface area (Å²) >= 11 is 0. The van der Waals surface area contributed by atoms with Crippen LogP contribution in [0.5, 0.6) is 0 Å². The molecule has 1 fully saturated rings. The van der Waals surface area contributed by atoms with Gasteiger partial charge in [-0.05, 0) is 36.6 Å². The van der Waals surface area contributed by atoms with Crippen molar-refractivity contribution < 1.29 is 14.3 Å². The standard InChI is InChI=1S/C26H29N5O3/c1-3-19-6-10-21(11-7-19)25(32)29-12-14-30(15-13-29)26(33)24-22-17-34-23(16-31(22)28-27-24)20-8-4-18(2)5-9-20/h4-11,23H,3,12-17H2,1-2H3/t23-/m0/s1. The fraction of sp³-hybridized carbons (Fsp3) is 0.385. The minimum Gasteiger partial charge on any atom is -0.365 e. The molecule has 3 heterocycles. The Bertz CT molecular complexity index is 1180. The molecule has 1 atom stereocenters. The first-order valence-corrected chi connectivity index (χ1v) is 11.8. The molecule has 2 aliphatic rings. The molecule has 34 heavy (non-hydrogen) atoms. The maximum absolute atomic E-state index is 13.2. The van der Waals surface area contributed by atoms with Gasteiger partial charge in [0.05, 0.1) is 18.8 Å². The molecule has 0 aliphatic carbocycles. The summed E-state index contributed by atoms with van der Waals surface area (Å²) in [6.07, 6.45) is 0.832. The highest BCUT2D eigenvalue weighted by Crippen LogP contribution is 2.27. The minimum atomic E-state index is -0.155. The van der Waals surface area contributed by atoms with Gasteiger partial charge in [0.1, 0.15) is 6.10 Å². The summed E-state index contributed by atoms with van der Waals surface area (Å²) < 4.78 is 7.84. The van der Waals surface area contributed by atoms with E-state index in [2.05, 4.69) is 48.4 Å². The zero-order valence-electron chi connectivity index (χ0n) is 19.6. The van der Waals surface area contributed by atoms with Crippen molar-refractivity contribution in [2.75, 3.05) is 26.2 Å². The Kier molecular flexibility index (Phi) is 6.15. The van der Waals surface area contributed by atoms with Crippen molar-refractivity contribution in [2.24, 2.45) is 0 Å². The number of piperazine rings is 1. The Morgan fingerprint density at radius 2 is 1.59 bits per heavy atom. The Hall–Kier alpha value is -3.52. The average molecular weight is 460 g/mol. The molecule has 0 unspecified atom stereocenters. The molecule has 8 nitrogen and oxygen atoms in total. The van der Waals surface area contributed by atoms with Crippen LogP contribution in [0.1, 0.15) is 56.3 Å². The van der Waals surface area contributed by atoms with Crippen molar-refractivity contribution in [1.82, 2.24) is 24.8 Å². The Morgan fingerprint density at radius 1 is 0.941 bits per heavy atom. The van der Waals surface area contributed by atoms with E-state index < -0.39 is 0 Å². The Morgan fingerprint density at radius 3 is 2.24 bits per heavy atom. The number of hydrogen-bond donors (Lipinski definition) is 0. The third-order valence-electron chi connectivity index (χ3n) is 6.71. The molecular weight excluding hydrogens is 430 g/mol. The number of nitrogens with zero attached hydrogens (tertiary/aromatic N) is 5. The molecule has 2 aliphatic heterocycles. The molecule has 8 heteroatoms. The summed E-state index contributed by atoms with van der Waals surface area (Å²) in [6.45, 7) is 6.89. The number of carbonyl (C=O) groups is 2. The lowest BCUT2D eigenvalue weighted by molar-refractivity contribution is -0.00203. The summed E-state index contributed by atoms with van der Waals surface area (Å²) in [5.74, 6) is -0.149. The highest BCUT2D eigenvalue weighted by Gasteiger charge is 2.32. The first-order chi connectivity index (χ1) is 16.5. The molecule has 5 rings (SSSR count). The van der Waals surface area contributed by atoms with E-state index in [0.717, 1.165) is 12.0 Å². The van der Waals surface area contributed by atoms with E-state index in [-0.39, 0.29) is 17.9 Å². The van der Waals surface area contributed by atoms with Gasteiger partial charge in [-0.15, -0.1) is 5.10 Å². The fourth-order valence-corrected chi connectivity index (χ4v) is 4.49. The van der Waals surface area contributed by atoms with Crippen LogP contribution in [0, 0.1) is 6.92 Å². The predicted octanol–water partition coefficient (Wildman–Crippen LogP) is 3.02. The number of rotatable bonds is 4. The number of ether oxygens (including phenoxy) is 1. The van der Waals surface area contributed by atoms with Gasteiger partial charge in [-0.1, -0.05) is 54.1 Å². The van der Waals surface area contributed by atoms with E-state index >= 15 is 0 Å². The number of hydrogen-bond acceptors (Lipinski definition) is 5. The van der Waals surface area contributed by atoms with Gasteiger partial charge in [0.25, 0.3) is 11.8 Å². The lowest BCUT2D eigenvalue weighted by Crippen LogP contribution is -2.50. The molecule has 2 aromatic carbocycles. The van der Waals surface area contributed by atoms with E-state index in [1.165, 1.54) is 11.1 Å². The Balaban J connectivity index is 1.21. The molecule has 0 radical (unpaired) electrons. The lowest BCUT2D eigenvalue weighted by Gasteiger charge is -2.34. The number of carbonyl (C=O) groups excluding carboxylic acids is 2. The van der Waals surface area contributed by atoms with E-state index in [1.807, 2.05) is 24.3 Å². The predicted molar refractivity (Wildman–Crippen MR) is 126 cm³/mol. The largest absolute Gasteiger partial charge is 0.365 e. The number of amides is 2. The Labute approximate surface area is 199 Å². The van der Waals surface area contributed by atoms with Gasteiger partial charge < -0.3 is 14.5 Å². The molecule has 1 saturated heterocycles. The molecule has 3 aromatic rings. The monoisotopic (exact) mass is 459 g/mol. The molecule has 0 bridgehead atoms. The molecule has 0 saturated carbocycles. The summed E-state index contributed by atoms with van der Waals surface area (Å²) in [6, 6.07) is 16.0. The van der Waals surface area contributed by atoms with E-state index in [4.69, 9.17) is 4.74 Å². The highest BCUT2D eigenvalue weighted by atomic mass is 16.5. The van der Waals surface area contributed by atoms with Crippen LogP contribution in [0.25, 0.3) is 0 Å². The van der Waals surface area contributed by atoms with Gasteiger partial charge in [-0.3, -0.25) is 9.59 Å². The second-order valence-corrected chi connectivity index (χ2v) is 8.91. The maximum atomic E-state index is 13.2. The number of fused-ring (bicyclic) bond motifs is 1. The zero-order valence-corrected chi connectivity index (χ0v) is 19.6. The van der Waals surface area contributed by atoms with Crippen molar-refractivity contribution in [1.29, 1.82) is 0 Å². The summed E-state index contributed by atoms with van der Waals surface area (Å²) in [5, 5.41) is 8.43. The van der Waals surface area contributed by atoms with Crippen LogP contribution in [0.3, 0.4) is 0 Å². The molecule has 2 amide bonds. The number of benzene rings is 2. The second kappa shape index (κ2) is 9.38. The van der Waals surface area contributed by atoms with E-state index in [9.17, 15) is 9.59 Å². The van der Waals surface area contributed by atoms with Gasteiger partial charge in [-0.2, -0.15) is 0 Å². The van der Waals surface area contributed by atoms with Crippen LogP contribution < -0.4 is 0 Å². The smallest absolute Gasteiger partial charge is 0.276 e. The fourth-order valence-electron chi connectivity index (χ4n) is 4.49. The highest BCUT2D eigenvalue weighted by molar-refractivity contribution is 5.95. The van der Waals surface area contributed by atoms with Gasteiger partial charge in [0.15, 0.2) is 5.69 Å². The SMILES string of the molecule is CCc1ccc(C(=O)N2CCN(C(=O)c3nnn4c3CO[C@H](c3ccc(C)cc3)C4)CC2)cc1. The molecular formula is C26H29N5O3. The van der Waals surface area contributed by atoms with Crippen LogP contribution in [-0.4, -0.2) is 62.8 Å². The molecule has 1 aromatic heterocycles. The van der Waals surface area contributed by atoms with Gasteiger partial charge in [0.2, 0.25) is 0 Å². The third-order valence-corrected chi connectivity index (χ3v) is 6.71. The summed E-state index contributed by atoms with van der Waals surface area (Å²) in [4.78, 5) is 29.6. The minimum absolute atomic E-state index is 0.00587. The third kappa shape index (κ3) is 4.33. The topological polar surface area (TPSA) is 80.6 Å². The second-order valence-electron chi connectivity index (χ2n) is 8.91. The van der Waals surface area contributed by atoms with Crippen molar-refractivity contribution in [2.45, 2.75) is 39.5 Å². The number of aromatic nitrogens is 3. The van der Waals surface area contributed by atoms with Crippen molar-refractivity contribution in [3.63, 3.8) is 0 Å². The van der Waals surface area contributed by atoms with Crippen LogP contribution >= 0.6 is 0 Å². The zero-order chi connectivity index (χ0) is 23.7. The van der Waals surface area contributed by atoms with Crippen LogP contribution in [0.15, 0.2) is 48.5 Å². The normalized spacial score (nSPS) is 18.0. The quantitative estimate of drug-likeness (QED) is 0.599. The maximum Gasteiger partial charge on any atom is 0.276 e. The molecule has 176 valence electrons. The first-order valence-electron chi connectivity index (χ1n) is 11.8. The van der Waals surface area contributed by atoms with Crippen molar-refractivity contribution in [3.05, 3.63) is 82.2 Å². The summed E-state index contributed by atoms with van der Waals surface area (Å²) in [7, 11) is 0. The van der Waals surface area contributed by atoms with Crippen molar-refractivity contribution >= 4 is 11.8 Å². The van der Waals surface area contributed by atoms with E-state index in [0.29, 0.717) is 56.3 Å². The first kappa shape index (κ1) is 22.3. The van der Waals surface area contributed by atoms with Gasteiger partial charge >= 0.3 is 0 Å².